The molecule has 0 aromatic carbocycles. The molecule has 0 aromatic heterocycles. The average molecular weight is 166 g/mol. The first-order chi connectivity index (χ1) is 4.62. The summed E-state index contributed by atoms with van der Waals surface area (Å²) in [6.45, 7) is 0. The molecule has 0 amide bonds. The second kappa shape index (κ2) is 4.45. The van der Waals surface area contributed by atoms with Crippen molar-refractivity contribution in [3.63, 3.8) is 0 Å². The van der Waals surface area contributed by atoms with Crippen molar-refractivity contribution < 1.29 is 44.6 Å². The number of carboxylic acid groups (broad SMARTS) is 1. The Morgan fingerprint density at radius 2 is 2.09 bits per heavy atom. The van der Waals surface area contributed by atoms with E-state index in [-0.39, 0.29) is 36.0 Å². The summed E-state index contributed by atoms with van der Waals surface area (Å²) in [6.07, 6.45) is 2.86. The Kier molecular flexibility index (Phi) is 4.63. The zero-order valence-corrected chi connectivity index (χ0v) is 8.80. The third-order valence-electron chi connectivity index (χ3n) is 2.08. The third kappa shape index (κ3) is 3.56. The maximum Gasteiger partial charge on any atom is 1.00 e. The van der Waals surface area contributed by atoms with Gasteiger partial charge in [-0.05, 0) is 32.1 Å². The van der Waals surface area contributed by atoms with E-state index in [9.17, 15) is 15.0 Å². The van der Waals surface area contributed by atoms with Gasteiger partial charge in [-0.1, -0.05) is 0 Å². The minimum absolute atomic E-state index is 0. The van der Waals surface area contributed by atoms with Crippen LogP contribution >= 0.6 is 0 Å². The van der Waals surface area contributed by atoms with Crippen molar-refractivity contribution in [3.8, 4) is 0 Å². The molecule has 0 unspecified atom stereocenters. The number of carbonyl (C=O) groups excluding carboxylic acids is 1. The van der Waals surface area contributed by atoms with E-state index < -0.39 is 11.6 Å². The van der Waals surface area contributed by atoms with Crippen LogP contribution in [0, 0.1) is 0 Å². The van der Waals surface area contributed by atoms with Crippen LogP contribution in [0.15, 0.2) is 0 Å². The molecule has 0 aliphatic heterocycles. The zero-order valence-electron chi connectivity index (χ0n) is 6.80. The Bertz CT molecular complexity index is 143. The van der Waals surface area contributed by atoms with E-state index in [1.165, 1.54) is 0 Å². The number of aliphatic hydroxyl groups is 1. The Morgan fingerprint density at radius 1 is 1.55 bits per heavy atom. The second-order valence-electron chi connectivity index (χ2n) is 2.95. The Morgan fingerprint density at radius 3 is 2.36 bits per heavy atom. The van der Waals surface area contributed by atoms with E-state index in [4.69, 9.17) is 0 Å². The quantitative estimate of drug-likeness (QED) is 0.441. The average Bonchev–Trinajstić information content (AvgIpc) is 1.79. The van der Waals surface area contributed by atoms with Gasteiger partial charge in [-0.15, -0.1) is 0 Å². The van der Waals surface area contributed by atoms with Crippen molar-refractivity contribution in [1.82, 2.24) is 0 Å². The van der Waals surface area contributed by atoms with E-state index in [1.807, 2.05) is 0 Å². The molecule has 0 saturated heterocycles. The Balaban J connectivity index is 0.000001000. The van der Waals surface area contributed by atoms with E-state index in [2.05, 4.69) is 0 Å². The molecule has 11 heavy (non-hydrogen) atoms. The summed E-state index contributed by atoms with van der Waals surface area (Å²) in [4.78, 5) is 9.96. The van der Waals surface area contributed by atoms with E-state index in [0.29, 0.717) is 6.42 Å². The standard InChI is InChI=1S/C7H12O3.Na/c8-6(9)2-5-7(10)3-1-4-7;/h10H,1-5H2,(H,8,9);/q;+1/p-1. The Labute approximate surface area is 88.1 Å². The molecule has 1 saturated carbocycles. The van der Waals surface area contributed by atoms with Crippen LogP contribution in [-0.4, -0.2) is 16.7 Å². The van der Waals surface area contributed by atoms with Crippen LogP contribution < -0.4 is 34.7 Å². The maximum atomic E-state index is 9.96. The van der Waals surface area contributed by atoms with Crippen molar-refractivity contribution in [2.45, 2.75) is 37.7 Å². The van der Waals surface area contributed by atoms with Crippen LogP contribution in [0.3, 0.4) is 0 Å². The summed E-state index contributed by atoms with van der Waals surface area (Å²) in [5.74, 6) is -1.07. The van der Waals surface area contributed by atoms with Crippen LogP contribution in [-0.2, 0) is 4.79 Å². The van der Waals surface area contributed by atoms with Gasteiger partial charge in [0.05, 0.1) is 5.60 Å². The van der Waals surface area contributed by atoms with Gasteiger partial charge in [-0.25, -0.2) is 0 Å². The number of hydrogen-bond acceptors (Lipinski definition) is 3. The topological polar surface area (TPSA) is 60.4 Å². The number of carbonyl (C=O) groups is 1. The second-order valence-corrected chi connectivity index (χ2v) is 2.95. The van der Waals surface area contributed by atoms with E-state index >= 15 is 0 Å². The molecule has 0 aromatic rings. The van der Waals surface area contributed by atoms with Crippen molar-refractivity contribution >= 4 is 5.97 Å². The minimum Gasteiger partial charge on any atom is -0.550 e. The van der Waals surface area contributed by atoms with Crippen LogP contribution in [0.4, 0.5) is 0 Å². The van der Waals surface area contributed by atoms with E-state index in [1.54, 1.807) is 0 Å². The molecule has 0 radical (unpaired) electrons. The number of rotatable bonds is 3. The molecule has 1 aliphatic carbocycles. The van der Waals surface area contributed by atoms with Gasteiger partial charge in [-0.3, -0.25) is 0 Å². The minimum atomic E-state index is -1.07. The maximum absolute atomic E-state index is 9.96. The summed E-state index contributed by atoms with van der Waals surface area (Å²) >= 11 is 0. The normalized spacial score (nSPS) is 19.7. The molecule has 0 atom stereocenters. The molecule has 4 heteroatoms. The van der Waals surface area contributed by atoms with Crippen LogP contribution in [0.5, 0.6) is 0 Å². The smallest absolute Gasteiger partial charge is 0.550 e. The van der Waals surface area contributed by atoms with Crippen LogP contribution in [0.25, 0.3) is 0 Å². The van der Waals surface area contributed by atoms with Gasteiger partial charge < -0.3 is 15.0 Å². The molecular weight excluding hydrogens is 155 g/mol. The van der Waals surface area contributed by atoms with Crippen molar-refractivity contribution in [2.75, 3.05) is 0 Å². The van der Waals surface area contributed by atoms with E-state index in [0.717, 1.165) is 19.3 Å². The molecule has 1 N–H and O–H groups in total. The van der Waals surface area contributed by atoms with Crippen molar-refractivity contribution in [3.05, 3.63) is 0 Å². The van der Waals surface area contributed by atoms with Crippen LogP contribution in [0.1, 0.15) is 32.1 Å². The largest absolute Gasteiger partial charge is 1.00 e. The first kappa shape index (κ1) is 11.4. The molecule has 3 nitrogen and oxygen atoms in total. The summed E-state index contributed by atoms with van der Waals surface area (Å²) in [5, 5.41) is 19.3. The molecule has 0 spiro atoms. The molecule has 1 aliphatic rings. The molecule has 1 fully saturated rings. The number of hydrogen-bond donors (Lipinski definition) is 1. The first-order valence-corrected chi connectivity index (χ1v) is 3.55. The molecular formula is C7H11NaO3. The van der Waals surface area contributed by atoms with Crippen LogP contribution in [0.2, 0.25) is 0 Å². The number of aliphatic carboxylic acids is 1. The van der Waals surface area contributed by atoms with Crippen molar-refractivity contribution in [2.24, 2.45) is 0 Å². The molecule has 58 valence electrons. The molecule has 0 heterocycles. The summed E-state index contributed by atoms with van der Waals surface area (Å²) in [7, 11) is 0. The van der Waals surface area contributed by atoms with Gasteiger partial charge in [0.15, 0.2) is 0 Å². The Hall–Kier alpha value is 0.430. The van der Waals surface area contributed by atoms with Gasteiger partial charge >= 0.3 is 29.6 Å². The van der Waals surface area contributed by atoms with Gasteiger partial charge in [-0.2, -0.15) is 0 Å². The molecule has 0 bridgehead atoms. The first-order valence-electron chi connectivity index (χ1n) is 3.55. The molecule has 1 rings (SSSR count). The SMILES string of the molecule is O=C([O-])CCC1(O)CCC1.[Na+]. The third-order valence-corrected chi connectivity index (χ3v) is 2.08. The van der Waals surface area contributed by atoms with Gasteiger partial charge in [0.2, 0.25) is 0 Å². The summed E-state index contributed by atoms with van der Waals surface area (Å²) < 4.78 is 0. The van der Waals surface area contributed by atoms with Crippen molar-refractivity contribution in [1.29, 1.82) is 0 Å². The number of carboxylic acids is 1. The zero-order chi connectivity index (χ0) is 7.61. The fraction of sp³-hybridized carbons (Fsp3) is 0.857. The monoisotopic (exact) mass is 166 g/mol. The summed E-state index contributed by atoms with van der Waals surface area (Å²) in [6, 6.07) is 0. The predicted molar refractivity (Wildman–Crippen MR) is 33.0 cm³/mol. The summed E-state index contributed by atoms with van der Waals surface area (Å²) in [5.41, 5.74) is -0.667. The fourth-order valence-electron chi connectivity index (χ4n) is 1.17. The van der Waals surface area contributed by atoms with Gasteiger partial charge in [0, 0.05) is 5.97 Å². The van der Waals surface area contributed by atoms with Gasteiger partial charge in [0.1, 0.15) is 0 Å². The fourth-order valence-corrected chi connectivity index (χ4v) is 1.17. The van der Waals surface area contributed by atoms with Gasteiger partial charge in [0.25, 0.3) is 0 Å². The predicted octanol–water partition coefficient (Wildman–Crippen LogP) is -3.56.